The Morgan fingerprint density at radius 1 is 1.32 bits per heavy atom. The third kappa shape index (κ3) is 8.53. The van der Waals surface area contributed by atoms with Gasteiger partial charge in [0.2, 0.25) is 0 Å². The number of halogens is 1. The van der Waals surface area contributed by atoms with Gasteiger partial charge in [0.25, 0.3) is 0 Å². The van der Waals surface area contributed by atoms with Crippen molar-refractivity contribution in [3.8, 4) is 5.75 Å². The number of guanidine groups is 1. The Labute approximate surface area is 185 Å². The van der Waals surface area contributed by atoms with E-state index < -0.39 is 5.60 Å². The highest BCUT2D eigenvalue weighted by atomic mass is 127. The summed E-state index contributed by atoms with van der Waals surface area (Å²) in [7, 11) is 0. The van der Waals surface area contributed by atoms with Gasteiger partial charge in [-0.15, -0.1) is 24.0 Å². The first-order valence-electron chi connectivity index (χ1n) is 9.57. The second kappa shape index (κ2) is 11.3. The van der Waals surface area contributed by atoms with Crippen LogP contribution in [-0.4, -0.2) is 53.3 Å². The highest BCUT2D eigenvalue weighted by molar-refractivity contribution is 14.0. The number of hydrogen-bond acceptors (Lipinski definition) is 4. The normalized spacial score (nSPS) is 17.5. The van der Waals surface area contributed by atoms with Gasteiger partial charge >= 0.3 is 6.09 Å². The maximum atomic E-state index is 12.3. The molecule has 1 amide bonds. The third-order valence-electron chi connectivity index (χ3n) is 4.11. The lowest BCUT2D eigenvalue weighted by molar-refractivity contribution is 0.0193. The summed E-state index contributed by atoms with van der Waals surface area (Å²) in [6.45, 7) is 10.2. The molecule has 0 aromatic heterocycles. The molecular weight excluding hydrogens is 471 g/mol. The van der Waals surface area contributed by atoms with Crippen LogP contribution in [0.25, 0.3) is 0 Å². The predicted octanol–water partition coefficient (Wildman–Crippen LogP) is 3.46. The van der Waals surface area contributed by atoms with Crippen LogP contribution in [0.4, 0.5) is 4.79 Å². The molecule has 0 radical (unpaired) electrons. The van der Waals surface area contributed by atoms with Crippen molar-refractivity contribution in [3.05, 3.63) is 29.8 Å². The van der Waals surface area contributed by atoms with Gasteiger partial charge in [0.1, 0.15) is 11.4 Å². The van der Waals surface area contributed by atoms with Crippen molar-refractivity contribution in [2.45, 2.75) is 58.7 Å². The fourth-order valence-electron chi connectivity index (χ4n) is 2.87. The van der Waals surface area contributed by atoms with Crippen LogP contribution in [0.2, 0.25) is 0 Å². The molecule has 8 heteroatoms. The number of likely N-dealkylation sites (tertiary alicyclic amines) is 1. The van der Waals surface area contributed by atoms with Gasteiger partial charge in [-0.2, -0.15) is 0 Å². The largest absolute Gasteiger partial charge is 0.508 e. The van der Waals surface area contributed by atoms with E-state index in [4.69, 9.17) is 4.74 Å². The third-order valence-corrected chi connectivity index (χ3v) is 4.11. The number of benzene rings is 1. The zero-order chi connectivity index (χ0) is 19.9. The first-order valence-corrected chi connectivity index (χ1v) is 9.57. The number of aliphatic imine (C=N–C) groups is 1. The molecule has 158 valence electrons. The van der Waals surface area contributed by atoms with Crippen LogP contribution in [0.15, 0.2) is 29.3 Å². The maximum Gasteiger partial charge on any atom is 0.410 e. The molecule has 1 heterocycles. The number of amides is 1. The predicted molar refractivity (Wildman–Crippen MR) is 122 cm³/mol. The van der Waals surface area contributed by atoms with Crippen LogP contribution in [0.3, 0.4) is 0 Å². The fraction of sp³-hybridized carbons (Fsp3) is 0.600. The Kier molecular flexibility index (Phi) is 9.84. The summed E-state index contributed by atoms with van der Waals surface area (Å²) in [6, 6.07) is 7.15. The number of carbonyl (C=O) groups is 1. The molecule has 1 unspecified atom stereocenters. The van der Waals surface area contributed by atoms with Crippen LogP contribution in [0.5, 0.6) is 5.75 Å². The number of nitrogens with one attached hydrogen (secondary N) is 2. The molecule has 1 saturated heterocycles. The monoisotopic (exact) mass is 504 g/mol. The summed E-state index contributed by atoms with van der Waals surface area (Å²) >= 11 is 0. The van der Waals surface area contributed by atoms with Gasteiger partial charge in [0, 0.05) is 25.7 Å². The number of phenols is 1. The second-order valence-corrected chi connectivity index (χ2v) is 7.77. The molecule has 1 aromatic carbocycles. The standard InChI is InChI=1S/C20H32N4O3.HI/c1-5-21-18(22-13-15-8-10-17(25)11-9-15)23-16-7-6-12-24(14-16)19(26)27-20(2,3)4;/h8-11,16,25H,5-7,12-14H2,1-4H3,(H2,21,22,23);1H. The molecule has 1 aromatic rings. The Bertz CT molecular complexity index is 644. The number of aromatic hydroxyl groups is 1. The lowest BCUT2D eigenvalue weighted by Crippen LogP contribution is -2.53. The SMILES string of the molecule is CCNC(=NCc1ccc(O)cc1)NC1CCCN(C(=O)OC(C)(C)C)C1.I. The van der Waals surface area contributed by atoms with Gasteiger partial charge in [-0.3, -0.25) is 0 Å². The number of nitrogens with zero attached hydrogens (tertiary/aromatic N) is 2. The molecule has 1 atom stereocenters. The lowest BCUT2D eigenvalue weighted by atomic mass is 10.1. The van der Waals surface area contributed by atoms with Crippen molar-refractivity contribution in [3.63, 3.8) is 0 Å². The first kappa shape index (κ1) is 24.3. The van der Waals surface area contributed by atoms with Crippen LogP contribution < -0.4 is 10.6 Å². The number of carbonyl (C=O) groups excluding carboxylic acids is 1. The molecule has 1 aliphatic heterocycles. The zero-order valence-corrected chi connectivity index (χ0v) is 19.5. The van der Waals surface area contributed by atoms with Crippen LogP contribution >= 0.6 is 24.0 Å². The van der Waals surface area contributed by atoms with Gasteiger partial charge in [0.05, 0.1) is 6.54 Å². The molecule has 0 spiro atoms. The number of phenolic OH excluding ortho intramolecular Hbond substituents is 1. The highest BCUT2D eigenvalue weighted by Gasteiger charge is 2.28. The average Bonchev–Trinajstić information content (AvgIpc) is 2.60. The number of hydrogen-bond donors (Lipinski definition) is 3. The van der Waals surface area contributed by atoms with E-state index >= 15 is 0 Å². The van der Waals surface area contributed by atoms with E-state index in [1.54, 1.807) is 17.0 Å². The van der Waals surface area contributed by atoms with Crippen molar-refractivity contribution in [2.24, 2.45) is 4.99 Å². The van der Waals surface area contributed by atoms with Crippen molar-refractivity contribution >= 4 is 36.0 Å². The molecule has 1 fully saturated rings. The van der Waals surface area contributed by atoms with E-state index in [9.17, 15) is 9.90 Å². The summed E-state index contributed by atoms with van der Waals surface area (Å²) in [6.07, 6.45) is 1.64. The average molecular weight is 504 g/mol. The molecule has 0 saturated carbocycles. The second-order valence-electron chi connectivity index (χ2n) is 7.77. The molecule has 3 N–H and O–H groups in total. The molecule has 0 aliphatic carbocycles. The van der Waals surface area contributed by atoms with Crippen LogP contribution in [-0.2, 0) is 11.3 Å². The molecular formula is C20H33IN4O3. The fourth-order valence-corrected chi connectivity index (χ4v) is 2.87. The van der Waals surface area contributed by atoms with Gasteiger partial charge in [-0.1, -0.05) is 12.1 Å². The molecule has 2 rings (SSSR count). The first-order chi connectivity index (χ1) is 12.8. The highest BCUT2D eigenvalue weighted by Crippen LogP contribution is 2.15. The summed E-state index contributed by atoms with van der Waals surface area (Å²) in [5.74, 6) is 0.971. The van der Waals surface area contributed by atoms with Crippen LogP contribution in [0, 0.1) is 0 Å². The van der Waals surface area contributed by atoms with Crippen LogP contribution in [0.1, 0.15) is 46.1 Å². The van der Waals surface area contributed by atoms with E-state index in [1.807, 2.05) is 39.8 Å². The number of ether oxygens (including phenoxy) is 1. The minimum atomic E-state index is -0.488. The van der Waals surface area contributed by atoms with E-state index in [0.717, 1.165) is 30.9 Å². The summed E-state index contributed by atoms with van der Waals surface area (Å²) in [5, 5.41) is 16.0. The van der Waals surface area contributed by atoms with E-state index in [2.05, 4.69) is 15.6 Å². The Hall–Kier alpha value is -1.71. The minimum absolute atomic E-state index is 0. The summed E-state index contributed by atoms with van der Waals surface area (Å²) in [5.41, 5.74) is 0.529. The number of piperidine rings is 1. The molecule has 7 nitrogen and oxygen atoms in total. The van der Waals surface area contributed by atoms with Gasteiger partial charge in [0.15, 0.2) is 5.96 Å². The maximum absolute atomic E-state index is 12.3. The topological polar surface area (TPSA) is 86.2 Å². The van der Waals surface area contributed by atoms with E-state index in [-0.39, 0.29) is 41.9 Å². The molecule has 28 heavy (non-hydrogen) atoms. The number of rotatable bonds is 4. The smallest absolute Gasteiger partial charge is 0.410 e. The van der Waals surface area contributed by atoms with E-state index in [0.29, 0.717) is 19.6 Å². The molecule has 1 aliphatic rings. The van der Waals surface area contributed by atoms with Gasteiger partial charge < -0.3 is 25.4 Å². The van der Waals surface area contributed by atoms with Crippen molar-refractivity contribution in [2.75, 3.05) is 19.6 Å². The zero-order valence-electron chi connectivity index (χ0n) is 17.2. The quantitative estimate of drug-likeness (QED) is 0.332. The minimum Gasteiger partial charge on any atom is -0.508 e. The van der Waals surface area contributed by atoms with Gasteiger partial charge in [-0.25, -0.2) is 9.79 Å². The van der Waals surface area contributed by atoms with Crippen molar-refractivity contribution < 1.29 is 14.6 Å². The lowest BCUT2D eigenvalue weighted by Gasteiger charge is -2.35. The Balaban J connectivity index is 0.00000392. The van der Waals surface area contributed by atoms with Crippen molar-refractivity contribution in [1.82, 2.24) is 15.5 Å². The molecule has 0 bridgehead atoms. The Morgan fingerprint density at radius 2 is 2.00 bits per heavy atom. The van der Waals surface area contributed by atoms with Gasteiger partial charge in [-0.05, 0) is 58.2 Å². The summed E-state index contributed by atoms with van der Waals surface area (Å²) < 4.78 is 5.49. The van der Waals surface area contributed by atoms with E-state index in [1.165, 1.54) is 0 Å². The summed E-state index contributed by atoms with van der Waals surface area (Å²) in [4.78, 5) is 18.7. The van der Waals surface area contributed by atoms with Crippen molar-refractivity contribution in [1.29, 1.82) is 0 Å². The Morgan fingerprint density at radius 3 is 2.61 bits per heavy atom.